The number of hydrogen-bond donors (Lipinski definition) is 2. The third-order valence-electron chi connectivity index (χ3n) is 4.15. The van der Waals surface area contributed by atoms with Crippen LogP contribution in [0.3, 0.4) is 0 Å². The summed E-state index contributed by atoms with van der Waals surface area (Å²) < 4.78 is 0. The van der Waals surface area contributed by atoms with Crippen molar-refractivity contribution >= 4 is 0 Å². The van der Waals surface area contributed by atoms with E-state index in [1.54, 1.807) is 0 Å². The number of rotatable bonds is 2. The van der Waals surface area contributed by atoms with Gasteiger partial charge < -0.3 is 10.2 Å². The van der Waals surface area contributed by atoms with E-state index in [4.69, 9.17) is 0 Å². The smallest absolute Gasteiger partial charge is 0.119 e. The van der Waals surface area contributed by atoms with Gasteiger partial charge in [-0.05, 0) is 51.6 Å². The number of benzene rings is 2. The van der Waals surface area contributed by atoms with Crippen molar-refractivity contribution < 1.29 is 10.2 Å². The normalized spacial score (nSPS) is 12.4. The fraction of sp³-hybridized carbons (Fsp3) is 0.429. The molecule has 0 unspecified atom stereocenters. The molecule has 0 saturated heterocycles. The molecule has 0 radical (unpaired) electrons. The van der Waals surface area contributed by atoms with Gasteiger partial charge in [0, 0.05) is 0 Å². The maximum Gasteiger partial charge on any atom is 0.119 e. The van der Waals surface area contributed by atoms with Crippen LogP contribution >= 0.6 is 0 Å². The van der Waals surface area contributed by atoms with Gasteiger partial charge in [-0.3, -0.25) is 0 Å². The molecule has 2 N–H and O–H groups in total. The highest BCUT2D eigenvalue weighted by Gasteiger charge is 2.19. The van der Waals surface area contributed by atoms with Gasteiger partial charge in [-0.25, -0.2) is 0 Å². The molecule has 2 aromatic rings. The number of phenolic OH excluding ortho intramolecular Hbond substituents is 2. The lowest BCUT2D eigenvalue weighted by atomic mass is 9.84. The summed E-state index contributed by atoms with van der Waals surface area (Å²) in [5.74, 6) is 0.677. The van der Waals surface area contributed by atoms with Gasteiger partial charge in [-0.15, -0.1) is 0 Å². The maximum atomic E-state index is 10.3. The highest BCUT2D eigenvalue weighted by Crippen LogP contribution is 2.33. The number of phenols is 2. The van der Waals surface area contributed by atoms with Crippen LogP contribution in [0.4, 0.5) is 0 Å². The molecular weight excluding hydrogens is 284 g/mol. The van der Waals surface area contributed by atoms with Gasteiger partial charge in [-0.2, -0.15) is 0 Å². The second-order valence-corrected chi connectivity index (χ2v) is 8.38. The van der Waals surface area contributed by atoms with Gasteiger partial charge in [0.25, 0.3) is 0 Å². The first-order valence-corrected chi connectivity index (χ1v) is 8.13. The van der Waals surface area contributed by atoms with Gasteiger partial charge in [0.1, 0.15) is 11.5 Å². The Balaban J connectivity index is 2.27. The molecule has 0 saturated carbocycles. The lowest BCUT2D eigenvalue weighted by molar-refractivity contribution is 0.446. The van der Waals surface area contributed by atoms with Crippen molar-refractivity contribution in [2.24, 2.45) is 0 Å². The Kier molecular flexibility index (Phi) is 4.48. The van der Waals surface area contributed by atoms with E-state index in [0.717, 1.165) is 22.3 Å². The summed E-state index contributed by atoms with van der Waals surface area (Å²) in [6.07, 6.45) is 0.690. The Morgan fingerprint density at radius 2 is 1.00 bits per heavy atom. The fourth-order valence-corrected chi connectivity index (χ4v) is 2.88. The van der Waals surface area contributed by atoms with Crippen LogP contribution in [0.25, 0.3) is 0 Å². The molecule has 23 heavy (non-hydrogen) atoms. The van der Waals surface area contributed by atoms with E-state index in [9.17, 15) is 10.2 Å². The molecular formula is C21H28O2. The first-order chi connectivity index (χ1) is 10.5. The van der Waals surface area contributed by atoms with Gasteiger partial charge in [0.2, 0.25) is 0 Å². The molecule has 2 heteroatoms. The third-order valence-corrected chi connectivity index (χ3v) is 4.15. The molecule has 2 nitrogen and oxygen atoms in total. The van der Waals surface area contributed by atoms with E-state index in [1.807, 2.05) is 24.3 Å². The van der Waals surface area contributed by atoms with E-state index >= 15 is 0 Å². The zero-order valence-corrected chi connectivity index (χ0v) is 15.1. The Bertz CT molecular complexity index is 639. The van der Waals surface area contributed by atoms with Crippen molar-refractivity contribution in [3.8, 4) is 11.5 Å². The Labute approximate surface area is 139 Å². The zero-order valence-electron chi connectivity index (χ0n) is 15.1. The Morgan fingerprint density at radius 1 is 0.652 bits per heavy atom. The first-order valence-electron chi connectivity index (χ1n) is 8.13. The quantitative estimate of drug-likeness (QED) is 0.791. The third kappa shape index (κ3) is 4.07. The molecule has 0 aliphatic carbocycles. The first kappa shape index (κ1) is 17.4. The van der Waals surface area contributed by atoms with Crippen molar-refractivity contribution in [2.75, 3.05) is 0 Å². The van der Waals surface area contributed by atoms with Crippen molar-refractivity contribution in [3.05, 3.63) is 58.7 Å². The van der Waals surface area contributed by atoms with Crippen LogP contribution in [-0.2, 0) is 17.3 Å². The summed E-state index contributed by atoms with van der Waals surface area (Å²) in [4.78, 5) is 0. The number of aromatic hydroxyl groups is 2. The highest BCUT2D eigenvalue weighted by atomic mass is 16.3. The average Bonchev–Trinajstić information content (AvgIpc) is 2.35. The second kappa shape index (κ2) is 5.92. The van der Waals surface area contributed by atoms with E-state index < -0.39 is 0 Å². The molecule has 0 aliphatic heterocycles. The molecule has 0 heterocycles. The van der Waals surface area contributed by atoms with Crippen LogP contribution in [0.1, 0.15) is 63.8 Å². The van der Waals surface area contributed by atoms with Crippen LogP contribution in [0, 0.1) is 0 Å². The number of hydrogen-bond acceptors (Lipinski definition) is 2. The van der Waals surface area contributed by atoms with Crippen molar-refractivity contribution in [1.82, 2.24) is 0 Å². The topological polar surface area (TPSA) is 40.5 Å². The van der Waals surface area contributed by atoms with E-state index in [-0.39, 0.29) is 10.8 Å². The molecule has 0 atom stereocenters. The minimum Gasteiger partial charge on any atom is -0.508 e. The predicted molar refractivity (Wildman–Crippen MR) is 96.4 cm³/mol. The van der Waals surface area contributed by atoms with Crippen LogP contribution in [0.15, 0.2) is 36.4 Å². The average molecular weight is 312 g/mol. The van der Waals surface area contributed by atoms with Crippen molar-refractivity contribution in [2.45, 2.75) is 58.8 Å². The molecule has 2 aromatic carbocycles. The molecule has 0 spiro atoms. The predicted octanol–water partition coefficient (Wildman–Crippen LogP) is 5.28. The van der Waals surface area contributed by atoms with Crippen molar-refractivity contribution in [3.63, 3.8) is 0 Å². The largest absolute Gasteiger partial charge is 0.508 e. The zero-order chi connectivity index (χ0) is 17.4. The minimum atomic E-state index is -0.0742. The van der Waals surface area contributed by atoms with Crippen LogP contribution < -0.4 is 0 Å². The lowest BCUT2D eigenvalue weighted by Crippen LogP contribution is -2.11. The van der Waals surface area contributed by atoms with Gasteiger partial charge in [0.15, 0.2) is 0 Å². The summed E-state index contributed by atoms with van der Waals surface area (Å²) in [7, 11) is 0. The van der Waals surface area contributed by atoms with Crippen LogP contribution in [0.5, 0.6) is 11.5 Å². The summed E-state index contributed by atoms with van der Waals surface area (Å²) in [5.41, 5.74) is 3.83. The molecule has 0 bridgehead atoms. The van der Waals surface area contributed by atoms with Crippen LogP contribution in [0.2, 0.25) is 0 Å². The SMILES string of the molecule is CC(C)(C)c1ccc(Cc2ccc(C(C)(C)C)c(O)c2)cc1O. The Hall–Kier alpha value is -1.96. The summed E-state index contributed by atoms with van der Waals surface area (Å²) in [6, 6.07) is 11.7. The standard InChI is InChI=1S/C21H28O2/c1-20(2,3)16-9-7-14(12-18(16)22)11-15-8-10-17(19(23)13-15)21(4,5)6/h7-10,12-13,22-23H,11H2,1-6H3. The summed E-state index contributed by atoms with van der Waals surface area (Å²) in [6.45, 7) is 12.5. The van der Waals surface area contributed by atoms with Gasteiger partial charge in [0.05, 0.1) is 0 Å². The monoisotopic (exact) mass is 312 g/mol. The molecule has 0 aliphatic rings. The Morgan fingerprint density at radius 3 is 1.26 bits per heavy atom. The highest BCUT2D eigenvalue weighted by molar-refractivity contribution is 5.45. The molecule has 0 aromatic heterocycles. The van der Waals surface area contributed by atoms with Gasteiger partial charge >= 0.3 is 0 Å². The van der Waals surface area contributed by atoms with E-state index in [2.05, 4.69) is 53.7 Å². The summed E-state index contributed by atoms with van der Waals surface area (Å²) >= 11 is 0. The van der Waals surface area contributed by atoms with Crippen LogP contribution in [-0.4, -0.2) is 10.2 Å². The minimum absolute atomic E-state index is 0.0742. The molecule has 124 valence electrons. The summed E-state index contributed by atoms with van der Waals surface area (Å²) in [5, 5.41) is 20.5. The van der Waals surface area contributed by atoms with E-state index in [0.29, 0.717) is 17.9 Å². The maximum absolute atomic E-state index is 10.3. The molecule has 0 fully saturated rings. The van der Waals surface area contributed by atoms with Gasteiger partial charge in [-0.1, -0.05) is 65.8 Å². The lowest BCUT2D eigenvalue weighted by Gasteiger charge is -2.21. The van der Waals surface area contributed by atoms with E-state index in [1.165, 1.54) is 0 Å². The fourth-order valence-electron chi connectivity index (χ4n) is 2.88. The second-order valence-electron chi connectivity index (χ2n) is 8.38. The molecule has 2 rings (SSSR count). The van der Waals surface area contributed by atoms with Crippen molar-refractivity contribution in [1.29, 1.82) is 0 Å². The molecule has 0 amide bonds.